The van der Waals surface area contributed by atoms with Crippen LogP contribution in [0.1, 0.15) is 13.8 Å². The summed E-state index contributed by atoms with van der Waals surface area (Å²) in [5.74, 6) is -0.343. The molecule has 2 amide bonds. The first-order valence-corrected chi connectivity index (χ1v) is 9.87. The molecule has 0 saturated heterocycles. The summed E-state index contributed by atoms with van der Waals surface area (Å²) in [6.45, 7) is 2.94. The zero-order chi connectivity index (χ0) is 22.7. The molecule has 0 aliphatic carbocycles. The van der Waals surface area contributed by atoms with Crippen molar-refractivity contribution < 1.29 is 23.2 Å². The van der Waals surface area contributed by atoms with E-state index in [4.69, 9.17) is 13.6 Å². The minimum atomic E-state index is -1.01. The Morgan fingerprint density at radius 1 is 0.938 bits per heavy atom. The summed E-state index contributed by atoms with van der Waals surface area (Å²) in [5, 5.41) is 5.70. The fraction of sp³-hybridized carbons (Fsp3) is 0.125. The Bertz CT molecular complexity index is 1320. The molecule has 1 unspecified atom stereocenters. The molecule has 0 bridgehead atoms. The number of rotatable bonds is 6. The lowest BCUT2D eigenvalue weighted by molar-refractivity contribution is -0.122. The number of carbonyl (C=O) groups excluding carboxylic acids is 2. The maximum absolute atomic E-state index is 13.1. The predicted molar refractivity (Wildman–Crippen MR) is 120 cm³/mol. The van der Waals surface area contributed by atoms with Crippen LogP contribution in [0.5, 0.6) is 5.75 Å². The Kier molecular flexibility index (Phi) is 5.76. The number of furan rings is 1. The molecule has 0 aliphatic rings. The van der Waals surface area contributed by atoms with Gasteiger partial charge in [0, 0.05) is 18.3 Å². The Hall–Kier alpha value is -4.33. The van der Waals surface area contributed by atoms with Crippen molar-refractivity contribution in [1.29, 1.82) is 0 Å². The average Bonchev–Trinajstić information content (AvgIpc) is 3.31. The summed E-state index contributed by atoms with van der Waals surface area (Å²) in [6.07, 6.45) is 0.442. The molecule has 32 heavy (non-hydrogen) atoms. The van der Waals surface area contributed by atoms with Gasteiger partial charge in [-0.1, -0.05) is 12.1 Å². The number of benzene rings is 2. The van der Waals surface area contributed by atoms with Crippen molar-refractivity contribution in [1.82, 2.24) is 0 Å². The number of ether oxygens (including phenoxy) is 1. The van der Waals surface area contributed by atoms with Crippen LogP contribution in [0.2, 0.25) is 0 Å². The van der Waals surface area contributed by atoms with Crippen LogP contribution in [-0.2, 0) is 9.59 Å². The van der Waals surface area contributed by atoms with Crippen molar-refractivity contribution >= 4 is 34.2 Å². The highest BCUT2D eigenvalue weighted by atomic mass is 16.5. The summed E-state index contributed by atoms with van der Waals surface area (Å²) in [6, 6.07) is 16.7. The van der Waals surface area contributed by atoms with Gasteiger partial charge in [-0.2, -0.15) is 0 Å². The number of amides is 2. The predicted octanol–water partition coefficient (Wildman–Crippen LogP) is 4.42. The van der Waals surface area contributed by atoms with Gasteiger partial charge in [-0.15, -0.1) is 0 Å². The average molecular weight is 432 g/mol. The molecule has 0 fully saturated rings. The number of hydrogen-bond acceptors (Lipinski definition) is 6. The lowest BCUT2D eigenvalue weighted by Gasteiger charge is -2.16. The van der Waals surface area contributed by atoms with E-state index >= 15 is 0 Å². The SMILES string of the molecule is CC(=O)Nc1ccc(NC(=O)C(C)Oc2c(-c3ccco3)oc3ccccc3c2=O)cc1. The Labute approximate surface area is 182 Å². The summed E-state index contributed by atoms with van der Waals surface area (Å²) in [5.41, 5.74) is 1.10. The quantitative estimate of drug-likeness (QED) is 0.467. The second kappa shape index (κ2) is 8.81. The molecule has 2 aromatic carbocycles. The lowest BCUT2D eigenvalue weighted by Crippen LogP contribution is -2.31. The summed E-state index contributed by atoms with van der Waals surface area (Å²) in [4.78, 5) is 36.9. The van der Waals surface area contributed by atoms with Gasteiger partial charge in [0.2, 0.25) is 22.8 Å². The van der Waals surface area contributed by atoms with Gasteiger partial charge in [0.25, 0.3) is 5.91 Å². The van der Waals surface area contributed by atoms with E-state index in [2.05, 4.69) is 10.6 Å². The van der Waals surface area contributed by atoms with E-state index in [-0.39, 0.29) is 17.4 Å². The Balaban J connectivity index is 1.59. The molecule has 0 aliphatic heterocycles. The van der Waals surface area contributed by atoms with E-state index in [1.807, 2.05) is 0 Å². The van der Waals surface area contributed by atoms with Crippen molar-refractivity contribution in [3.8, 4) is 17.3 Å². The van der Waals surface area contributed by atoms with E-state index in [0.29, 0.717) is 28.1 Å². The van der Waals surface area contributed by atoms with Crippen LogP contribution in [-0.4, -0.2) is 17.9 Å². The van der Waals surface area contributed by atoms with Gasteiger partial charge < -0.3 is 24.2 Å². The number of carbonyl (C=O) groups is 2. The normalized spacial score (nSPS) is 11.7. The fourth-order valence-corrected chi connectivity index (χ4v) is 3.12. The van der Waals surface area contributed by atoms with Crippen molar-refractivity contribution in [3.05, 3.63) is 77.2 Å². The van der Waals surface area contributed by atoms with Crippen LogP contribution in [0, 0.1) is 0 Å². The summed E-state index contributed by atoms with van der Waals surface area (Å²) < 4.78 is 17.1. The Morgan fingerprint density at radius 3 is 2.28 bits per heavy atom. The molecule has 0 radical (unpaired) electrons. The van der Waals surface area contributed by atoms with Crippen LogP contribution in [0.3, 0.4) is 0 Å². The van der Waals surface area contributed by atoms with Crippen molar-refractivity contribution in [2.75, 3.05) is 10.6 Å². The van der Waals surface area contributed by atoms with E-state index < -0.39 is 17.4 Å². The molecule has 8 nitrogen and oxygen atoms in total. The van der Waals surface area contributed by atoms with Gasteiger partial charge in [0.1, 0.15) is 5.58 Å². The highest BCUT2D eigenvalue weighted by Gasteiger charge is 2.24. The van der Waals surface area contributed by atoms with Gasteiger partial charge in [0.15, 0.2) is 11.9 Å². The maximum atomic E-state index is 13.1. The molecule has 0 saturated carbocycles. The molecule has 0 spiro atoms. The minimum absolute atomic E-state index is 0.109. The largest absolute Gasteiger partial charge is 0.473 e. The molecule has 4 aromatic rings. The second-order valence-corrected chi connectivity index (χ2v) is 7.07. The molecule has 162 valence electrons. The van der Waals surface area contributed by atoms with Crippen LogP contribution in [0.25, 0.3) is 22.5 Å². The summed E-state index contributed by atoms with van der Waals surface area (Å²) in [7, 11) is 0. The summed E-state index contributed by atoms with van der Waals surface area (Å²) >= 11 is 0. The second-order valence-electron chi connectivity index (χ2n) is 7.07. The van der Waals surface area contributed by atoms with E-state index in [1.54, 1.807) is 60.7 Å². The van der Waals surface area contributed by atoms with Crippen LogP contribution >= 0.6 is 0 Å². The van der Waals surface area contributed by atoms with Gasteiger partial charge in [0.05, 0.1) is 11.6 Å². The standard InChI is InChI=1S/C24H20N2O6/c1-14(24(29)26-17-11-9-16(10-12-17)25-15(2)27)31-23-21(28)18-6-3-4-7-19(18)32-22(23)20-8-5-13-30-20/h3-14H,1-2H3,(H,25,27)(H,26,29). The number of para-hydroxylation sites is 1. The highest BCUT2D eigenvalue weighted by molar-refractivity contribution is 5.95. The minimum Gasteiger partial charge on any atom is -0.473 e. The number of fused-ring (bicyclic) bond motifs is 1. The third kappa shape index (κ3) is 4.39. The first-order chi connectivity index (χ1) is 15.4. The molecular weight excluding hydrogens is 412 g/mol. The van der Waals surface area contributed by atoms with Crippen LogP contribution in [0.15, 0.2) is 80.6 Å². The number of anilines is 2. The molecule has 4 rings (SSSR count). The lowest BCUT2D eigenvalue weighted by atomic mass is 10.2. The van der Waals surface area contributed by atoms with E-state index in [9.17, 15) is 14.4 Å². The molecule has 8 heteroatoms. The zero-order valence-corrected chi connectivity index (χ0v) is 17.4. The molecular formula is C24H20N2O6. The zero-order valence-electron chi connectivity index (χ0n) is 17.4. The van der Waals surface area contributed by atoms with Crippen LogP contribution < -0.4 is 20.8 Å². The number of nitrogens with one attached hydrogen (secondary N) is 2. The van der Waals surface area contributed by atoms with E-state index in [1.165, 1.54) is 20.1 Å². The molecule has 1 atom stereocenters. The number of hydrogen-bond donors (Lipinski definition) is 2. The fourth-order valence-electron chi connectivity index (χ4n) is 3.12. The first-order valence-electron chi connectivity index (χ1n) is 9.87. The van der Waals surface area contributed by atoms with Gasteiger partial charge >= 0.3 is 0 Å². The van der Waals surface area contributed by atoms with Gasteiger partial charge in [-0.05, 0) is 55.5 Å². The highest BCUT2D eigenvalue weighted by Crippen LogP contribution is 2.31. The van der Waals surface area contributed by atoms with E-state index in [0.717, 1.165) is 0 Å². The van der Waals surface area contributed by atoms with Crippen molar-refractivity contribution in [3.63, 3.8) is 0 Å². The molecule has 2 N–H and O–H groups in total. The smallest absolute Gasteiger partial charge is 0.265 e. The molecule has 2 aromatic heterocycles. The van der Waals surface area contributed by atoms with Crippen LogP contribution in [0.4, 0.5) is 11.4 Å². The van der Waals surface area contributed by atoms with Gasteiger partial charge in [-0.25, -0.2) is 0 Å². The monoisotopic (exact) mass is 432 g/mol. The van der Waals surface area contributed by atoms with Crippen molar-refractivity contribution in [2.24, 2.45) is 0 Å². The van der Waals surface area contributed by atoms with Crippen molar-refractivity contribution in [2.45, 2.75) is 20.0 Å². The Morgan fingerprint density at radius 2 is 1.62 bits per heavy atom. The maximum Gasteiger partial charge on any atom is 0.265 e. The third-order valence-electron chi connectivity index (χ3n) is 4.64. The first kappa shape index (κ1) is 20.9. The third-order valence-corrected chi connectivity index (χ3v) is 4.64. The molecule has 2 heterocycles. The van der Waals surface area contributed by atoms with Gasteiger partial charge in [-0.3, -0.25) is 14.4 Å². The topological polar surface area (TPSA) is 111 Å².